The number of nitrogens with zero attached hydrogens (tertiary/aromatic N) is 1. The van der Waals surface area contributed by atoms with Crippen molar-refractivity contribution in [1.29, 1.82) is 0 Å². The van der Waals surface area contributed by atoms with E-state index in [1.165, 1.54) is 4.90 Å². The van der Waals surface area contributed by atoms with Crippen molar-refractivity contribution in [2.24, 2.45) is 17.3 Å². The summed E-state index contributed by atoms with van der Waals surface area (Å²) in [5, 5.41) is 3.28. The van der Waals surface area contributed by atoms with Crippen molar-refractivity contribution in [2.45, 2.75) is 51.2 Å². The molecule has 1 spiro atoms. The topological polar surface area (TPSA) is 32.3 Å². The summed E-state index contributed by atoms with van der Waals surface area (Å²) in [5.74, 6) is -1.50. The second-order valence-electron chi connectivity index (χ2n) is 7.40. The van der Waals surface area contributed by atoms with Gasteiger partial charge in [-0.3, -0.25) is 4.79 Å². The quantitative estimate of drug-likeness (QED) is 0.796. The van der Waals surface area contributed by atoms with Gasteiger partial charge in [-0.2, -0.15) is 13.2 Å². The first kappa shape index (κ1) is 17.9. The number of nitrogens with one attached hydrogen (secondary N) is 1. The molecule has 1 amide bonds. The molecule has 1 saturated carbocycles. The van der Waals surface area contributed by atoms with E-state index < -0.39 is 17.6 Å². The van der Waals surface area contributed by atoms with Crippen molar-refractivity contribution in [2.75, 3.05) is 19.6 Å². The fraction of sp³-hybridized carbons (Fsp3) is 0.933. The second-order valence-corrected chi connectivity index (χ2v) is 7.40. The Balaban J connectivity index is 0.00000176. The highest BCUT2D eigenvalue weighted by atomic mass is 35.5. The smallest absolute Gasteiger partial charge is 0.337 e. The van der Waals surface area contributed by atoms with Crippen LogP contribution in [0.3, 0.4) is 0 Å². The normalized spacial score (nSPS) is 32.7. The molecule has 7 heteroatoms. The SMILES string of the molecule is CC1(C)C(C(F)(F)F)CCN1C(=O)C1CC12CCNCC2.Cl. The Bertz CT molecular complexity index is 447. The van der Waals surface area contributed by atoms with E-state index in [0.717, 1.165) is 32.4 Å². The van der Waals surface area contributed by atoms with E-state index in [2.05, 4.69) is 5.32 Å². The average Bonchev–Trinajstić information content (AvgIpc) is 2.94. The van der Waals surface area contributed by atoms with E-state index >= 15 is 0 Å². The van der Waals surface area contributed by atoms with Gasteiger partial charge >= 0.3 is 6.18 Å². The predicted molar refractivity (Wildman–Crippen MR) is 79.8 cm³/mol. The van der Waals surface area contributed by atoms with Crippen LogP contribution >= 0.6 is 12.4 Å². The van der Waals surface area contributed by atoms with Gasteiger partial charge in [0.1, 0.15) is 0 Å². The van der Waals surface area contributed by atoms with Gasteiger partial charge in [-0.15, -0.1) is 12.4 Å². The maximum absolute atomic E-state index is 13.1. The van der Waals surface area contributed by atoms with Crippen molar-refractivity contribution in [3.8, 4) is 0 Å². The van der Waals surface area contributed by atoms with Crippen molar-refractivity contribution in [3.05, 3.63) is 0 Å². The molecule has 2 atom stereocenters. The van der Waals surface area contributed by atoms with Crippen LogP contribution in [0.1, 0.15) is 39.5 Å². The van der Waals surface area contributed by atoms with Gasteiger partial charge in [0.2, 0.25) is 5.91 Å². The Morgan fingerprint density at radius 3 is 2.32 bits per heavy atom. The van der Waals surface area contributed by atoms with Crippen LogP contribution in [0.25, 0.3) is 0 Å². The zero-order valence-corrected chi connectivity index (χ0v) is 13.8. The Labute approximate surface area is 135 Å². The highest BCUT2D eigenvalue weighted by Gasteiger charge is 2.63. The van der Waals surface area contributed by atoms with Gasteiger partial charge in [-0.05, 0) is 58.0 Å². The van der Waals surface area contributed by atoms with Gasteiger partial charge in [0.25, 0.3) is 0 Å². The molecule has 128 valence electrons. The van der Waals surface area contributed by atoms with Crippen LogP contribution in [0.4, 0.5) is 13.2 Å². The summed E-state index contributed by atoms with van der Waals surface area (Å²) >= 11 is 0. The van der Waals surface area contributed by atoms with Crippen LogP contribution in [0.5, 0.6) is 0 Å². The lowest BCUT2D eigenvalue weighted by Crippen LogP contribution is -2.50. The van der Waals surface area contributed by atoms with Crippen LogP contribution in [0, 0.1) is 17.3 Å². The van der Waals surface area contributed by atoms with Gasteiger partial charge in [-0.1, -0.05) is 0 Å². The molecule has 2 heterocycles. The Morgan fingerprint density at radius 2 is 1.82 bits per heavy atom. The second kappa shape index (κ2) is 5.55. The number of amides is 1. The van der Waals surface area contributed by atoms with E-state index in [9.17, 15) is 18.0 Å². The zero-order valence-electron chi connectivity index (χ0n) is 13.0. The molecule has 0 aromatic rings. The zero-order chi connectivity index (χ0) is 15.5. The number of piperidine rings is 1. The molecule has 0 radical (unpaired) electrons. The molecule has 3 nitrogen and oxygen atoms in total. The first-order valence-corrected chi connectivity index (χ1v) is 7.77. The number of hydrogen-bond donors (Lipinski definition) is 1. The van der Waals surface area contributed by atoms with Crippen molar-refractivity contribution in [3.63, 3.8) is 0 Å². The molecule has 22 heavy (non-hydrogen) atoms. The molecule has 3 fully saturated rings. The first-order valence-electron chi connectivity index (χ1n) is 7.77. The Hall–Kier alpha value is -0.490. The van der Waals surface area contributed by atoms with E-state index in [0.29, 0.717) is 0 Å². The molecule has 0 bridgehead atoms. The molecule has 3 rings (SSSR count). The number of rotatable bonds is 1. The monoisotopic (exact) mass is 340 g/mol. The minimum atomic E-state index is -4.23. The molecule has 0 aromatic carbocycles. The van der Waals surface area contributed by atoms with E-state index in [4.69, 9.17) is 0 Å². The van der Waals surface area contributed by atoms with Gasteiger partial charge in [-0.25, -0.2) is 0 Å². The summed E-state index contributed by atoms with van der Waals surface area (Å²) in [7, 11) is 0. The third kappa shape index (κ3) is 2.73. The molecule has 1 N–H and O–H groups in total. The fourth-order valence-electron chi connectivity index (χ4n) is 4.41. The third-order valence-electron chi connectivity index (χ3n) is 5.94. The van der Waals surface area contributed by atoms with E-state index in [1.807, 2.05) is 0 Å². The van der Waals surface area contributed by atoms with Crippen LogP contribution in [-0.2, 0) is 4.79 Å². The predicted octanol–water partition coefficient (Wildman–Crippen LogP) is 2.99. The molecule has 0 aromatic heterocycles. The summed E-state index contributed by atoms with van der Waals surface area (Å²) in [6, 6.07) is 0. The Kier molecular flexibility index (Phi) is 4.50. The lowest BCUT2D eigenvalue weighted by Gasteiger charge is -2.37. The summed E-state index contributed by atoms with van der Waals surface area (Å²) < 4.78 is 39.3. The average molecular weight is 341 g/mol. The highest BCUT2D eigenvalue weighted by molar-refractivity contribution is 5.85. The number of hydrogen-bond acceptors (Lipinski definition) is 2. The summed E-state index contributed by atoms with van der Waals surface area (Å²) in [4.78, 5) is 14.2. The minimum Gasteiger partial charge on any atom is -0.337 e. The van der Waals surface area contributed by atoms with Gasteiger partial charge in [0, 0.05) is 18.0 Å². The fourth-order valence-corrected chi connectivity index (χ4v) is 4.41. The molecule has 3 aliphatic rings. The summed E-state index contributed by atoms with van der Waals surface area (Å²) in [6.45, 7) is 5.19. The molecule has 2 unspecified atom stereocenters. The number of carbonyl (C=O) groups is 1. The maximum atomic E-state index is 13.1. The molecule has 2 saturated heterocycles. The maximum Gasteiger partial charge on any atom is 0.394 e. The third-order valence-corrected chi connectivity index (χ3v) is 5.94. The Morgan fingerprint density at radius 1 is 1.23 bits per heavy atom. The standard InChI is InChI=1S/C15H23F3N2O.ClH/c1-13(2)11(15(16,17)18)3-8-20(13)12(21)10-9-14(10)4-6-19-7-5-14;/h10-11,19H,3-9H2,1-2H3;1H. The van der Waals surface area contributed by atoms with Crippen LogP contribution in [0.15, 0.2) is 0 Å². The van der Waals surface area contributed by atoms with Crippen molar-refractivity contribution < 1.29 is 18.0 Å². The number of halogens is 4. The number of likely N-dealkylation sites (tertiary alicyclic amines) is 1. The van der Waals surface area contributed by atoms with Crippen molar-refractivity contribution in [1.82, 2.24) is 10.2 Å². The summed E-state index contributed by atoms with van der Waals surface area (Å²) in [5.41, 5.74) is -1.04. The summed E-state index contributed by atoms with van der Waals surface area (Å²) in [6.07, 6.45) is -1.39. The van der Waals surface area contributed by atoms with Crippen LogP contribution < -0.4 is 5.32 Å². The number of alkyl halides is 3. The van der Waals surface area contributed by atoms with E-state index in [1.54, 1.807) is 13.8 Å². The highest BCUT2D eigenvalue weighted by Crippen LogP contribution is 2.60. The minimum absolute atomic E-state index is 0. The van der Waals surface area contributed by atoms with Gasteiger partial charge < -0.3 is 10.2 Å². The lowest BCUT2D eigenvalue weighted by molar-refractivity contribution is -0.192. The molecule has 2 aliphatic heterocycles. The largest absolute Gasteiger partial charge is 0.394 e. The van der Waals surface area contributed by atoms with Gasteiger partial charge in [0.05, 0.1) is 5.92 Å². The molecular formula is C15H24ClF3N2O. The van der Waals surface area contributed by atoms with Crippen molar-refractivity contribution >= 4 is 18.3 Å². The molecule has 1 aliphatic carbocycles. The lowest BCUT2D eigenvalue weighted by atomic mass is 9.87. The number of carbonyl (C=O) groups excluding carboxylic acids is 1. The van der Waals surface area contributed by atoms with Crippen LogP contribution in [0.2, 0.25) is 0 Å². The van der Waals surface area contributed by atoms with Crippen LogP contribution in [-0.4, -0.2) is 42.2 Å². The van der Waals surface area contributed by atoms with Gasteiger partial charge in [0.15, 0.2) is 0 Å². The molecular weight excluding hydrogens is 317 g/mol. The van der Waals surface area contributed by atoms with E-state index in [-0.39, 0.29) is 42.6 Å². The first-order chi connectivity index (χ1) is 9.68.